The molecule has 1 heterocycles. The van der Waals surface area contributed by atoms with Crippen LogP contribution in [0.2, 0.25) is 5.02 Å². The van der Waals surface area contributed by atoms with Gasteiger partial charge in [0.15, 0.2) is 0 Å². The van der Waals surface area contributed by atoms with E-state index < -0.39 is 0 Å². The summed E-state index contributed by atoms with van der Waals surface area (Å²) in [5.41, 5.74) is 0.618. The average Bonchev–Trinajstić information content (AvgIpc) is 2.74. The van der Waals surface area contributed by atoms with Crippen molar-refractivity contribution in [1.82, 2.24) is 5.32 Å². The summed E-state index contributed by atoms with van der Waals surface area (Å²) in [5, 5.41) is 3.81. The normalized spacial score (nSPS) is 23.8. The third-order valence-corrected chi connectivity index (χ3v) is 3.51. The molecule has 1 aliphatic rings. The number of rotatable bonds is 4. The van der Waals surface area contributed by atoms with Gasteiger partial charge in [-0.1, -0.05) is 31.5 Å². The lowest BCUT2D eigenvalue weighted by Gasteiger charge is -2.21. The average molecular weight is 272 g/mol. The number of halogens is 2. The van der Waals surface area contributed by atoms with Crippen LogP contribution in [0.25, 0.3) is 0 Å². The van der Waals surface area contributed by atoms with Gasteiger partial charge < -0.3 is 10.1 Å². The van der Waals surface area contributed by atoms with E-state index in [-0.39, 0.29) is 11.9 Å². The van der Waals surface area contributed by atoms with Gasteiger partial charge in [-0.2, -0.15) is 0 Å². The second-order valence-corrected chi connectivity index (χ2v) is 5.51. The molecule has 2 unspecified atom stereocenters. The Hall–Kier alpha value is -0.640. The van der Waals surface area contributed by atoms with Crippen molar-refractivity contribution in [3.63, 3.8) is 0 Å². The Labute approximate surface area is 112 Å². The van der Waals surface area contributed by atoms with Gasteiger partial charge in [-0.3, -0.25) is 0 Å². The zero-order chi connectivity index (χ0) is 13.1. The highest BCUT2D eigenvalue weighted by molar-refractivity contribution is 6.30. The van der Waals surface area contributed by atoms with E-state index in [0.717, 1.165) is 13.0 Å². The van der Waals surface area contributed by atoms with E-state index in [2.05, 4.69) is 19.2 Å². The van der Waals surface area contributed by atoms with Crippen LogP contribution in [0.4, 0.5) is 4.39 Å². The summed E-state index contributed by atoms with van der Waals surface area (Å²) in [6.07, 6.45) is 0.806. The van der Waals surface area contributed by atoms with Gasteiger partial charge in [0.2, 0.25) is 0 Å². The fraction of sp³-hybridized carbons (Fsp3) is 0.571. The lowest BCUT2D eigenvalue weighted by atomic mass is 9.94. The van der Waals surface area contributed by atoms with Gasteiger partial charge in [0, 0.05) is 35.7 Å². The second kappa shape index (κ2) is 6.00. The zero-order valence-corrected chi connectivity index (χ0v) is 11.5. The van der Waals surface area contributed by atoms with E-state index in [4.69, 9.17) is 16.3 Å². The van der Waals surface area contributed by atoms with Crippen LogP contribution >= 0.6 is 11.6 Å². The molecule has 4 heteroatoms. The summed E-state index contributed by atoms with van der Waals surface area (Å²) < 4.78 is 19.6. The minimum atomic E-state index is -0.274. The van der Waals surface area contributed by atoms with Gasteiger partial charge in [0.05, 0.1) is 6.10 Å². The SMILES string of the molecule is CC(C)NCC1CCOC1c1ccc(Cl)cc1F. The molecule has 1 fully saturated rings. The standard InChI is InChI=1S/C14H19ClFNO/c1-9(2)17-8-10-5-6-18-14(10)12-4-3-11(15)7-13(12)16/h3-4,7,9-10,14,17H,5-6,8H2,1-2H3. The second-order valence-electron chi connectivity index (χ2n) is 5.07. The summed E-state index contributed by atoms with van der Waals surface area (Å²) in [5.74, 6) is 0.0482. The fourth-order valence-corrected chi connectivity index (χ4v) is 2.46. The lowest BCUT2D eigenvalue weighted by Crippen LogP contribution is -2.30. The molecular weight excluding hydrogens is 253 g/mol. The molecule has 100 valence electrons. The van der Waals surface area contributed by atoms with E-state index >= 15 is 0 Å². The molecule has 1 aliphatic heterocycles. The maximum Gasteiger partial charge on any atom is 0.130 e. The third-order valence-electron chi connectivity index (χ3n) is 3.27. The van der Waals surface area contributed by atoms with Crippen molar-refractivity contribution in [3.8, 4) is 0 Å². The van der Waals surface area contributed by atoms with Crippen LogP contribution in [-0.2, 0) is 4.74 Å². The van der Waals surface area contributed by atoms with Gasteiger partial charge in [0.25, 0.3) is 0 Å². The fourth-order valence-electron chi connectivity index (χ4n) is 2.31. The summed E-state index contributed by atoms with van der Waals surface area (Å²) in [4.78, 5) is 0. The predicted molar refractivity (Wildman–Crippen MR) is 71.3 cm³/mol. The third kappa shape index (κ3) is 3.22. The minimum Gasteiger partial charge on any atom is -0.373 e. The molecule has 2 nitrogen and oxygen atoms in total. The van der Waals surface area contributed by atoms with E-state index in [1.165, 1.54) is 6.07 Å². The van der Waals surface area contributed by atoms with E-state index in [9.17, 15) is 4.39 Å². The van der Waals surface area contributed by atoms with Crippen LogP contribution in [-0.4, -0.2) is 19.2 Å². The van der Waals surface area contributed by atoms with E-state index in [1.54, 1.807) is 12.1 Å². The van der Waals surface area contributed by atoms with Crippen LogP contribution < -0.4 is 5.32 Å². The number of hydrogen-bond acceptors (Lipinski definition) is 2. The molecule has 2 rings (SSSR count). The number of benzene rings is 1. The molecule has 1 N–H and O–H groups in total. The van der Waals surface area contributed by atoms with Crippen molar-refractivity contribution >= 4 is 11.6 Å². The van der Waals surface area contributed by atoms with Gasteiger partial charge in [-0.25, -0.2) is 4.39 Å². The minimum absolute atomic E-state index is 0.159. The van der Waals surface area contributed by atoms with Crippen LogP contribution in [0, 0.1) is 11.7 Å². The first-order chi connectivity index (χ1) is 8.58. The van der Waals surface area contributed by atoms with E-state index in [1.807, 2.05) is 0 Å². The van der Waals surface area contributed by atoms with Gasteiger partial charge in [-0.15, -0.1) is 0 Å². The number of hydrogen-bond donors (Lipinski definition) is 1. The van der Waals surface area contributed by atoms with Crippen LogP contribution in [0.3, 0.4) is 0 Å². The monoisotopic (exact) mass is 271 g/mol. The van der Waals surface area contributed by atoms with Crippen molar-refractivity contribution in [2.45, 2.75) is 32.4 Å². The summed E-state index contributed by atoms with van der Waals surface area (Å²) >= 11 is 5.77. The van der Waals surface area contributed by atoms with Crippen LogP contribution in [0.15, 0.2) is 18.2 Å². The Morgan fingerprint density at radius 2 is 2.28 bits per heavy atom. The van der Waals surface area contributed by atoms with Gasteiger partial charge >= 0.3 is 0 Å². The highest BCUT2D eigenvalue weighted by Gasteiger charge is 2.31. The molecule has 1 aromatic rings. The Kier molecular flexibility index (Phi) is 4.60. The van der Waals surface area contributed by atoms with Crippen molar-refractivity contribution in [2.24, 2.45) is 5.92 Å². The maximum absolute atomic E-state index is 13.9. The summed E-state index contributed by atoms with van der Waals surface area (Å²) in [6.45, 7) is 5.75. The maximum atomic E-state index is 13.9. The largest absolute Gasteiger partial charge is 0.373 e. The Bertz CT molecular complexity index is 411. The number of nitrogens with one attached hydrogen (secondary N) is 1. The first-order valence-corrected chi connectivity index (χ1v) is 6.75. The highest BCUT2D eigenvalue weighted by Crippen LogP contribution is 2.36. The summed E-state index contributed by atoms with van der Waals surface area (Å²) in [6, 6.07) is 5.23. The Morgan fingerprint density at radius 3 is 2.94 bits per heavy atom. The highest BCUT2D eigenvalue weighted by atomic mass is 35.5. The zero-order valence-electron chi connectivity index (χ0n) is 10.7. The topological polar surface area (TPSA) is 21.3 Å². The molecule has 0 bridgehead atoms. The van der Waals surface area contributed by atoms with Gasteiger partial charge in [-0.05, 0) is 18.6 Å². The molecule has 2 atom stereocenters. The smallest absolute Gasteiger partial charge is 0.130 e. The van der Waals surface area contributed by atoms with Crippen molar-refractivity contribution in [2.75, 3.05) is 13.2 Å². The quantitative estimate of drug-likeness (QED) is 0.904. The number of ether oxygens (including phenoxy) is 1. The molecule has 0 aromatic heterocycles. The molecule has 0 aliphatic carbocycles. The molecular formula is C14H19ClFNO. The molecule has 0 radical (unpaired) electrons. The Balaban J connectivity index is 2.10. The molecule has 0 saturated carbocycles. The first-order valence-electron chi connectivity index (χ1n) is 6.38. The molecule has 18 heavy (non-hydrogen) atoms. The first kappa shape index (κ1) is 13.8. The molecule has 1 saturated heterocycles. The predicted octanol–water partition coefficient (Wildman–Crippen LogP) is 3.55. The van der Waals surface area contributed by atoms with Crippen LogP contribution in [0.1, 0.15) is 31.9 Å². The van der Waals surface area contributed by atoms with Crippen LogP contribution in [0.5, 0.6) is 0 Å². The van der Waals surface area contributed by atoms with Gasteiger partial charge in [0.1, 0.15) is 5.82 Å². The van der Waals surface area contributed by atoms with Crippen molar-refractivity contribution < 1.29 is 9.13 Å². The molecule has 0 spiro atoms. The van der Waals surface area contributed by atoms with Crippen molar-refractivity contribution in [1.29, 1.82) is 0 Å². The Morgan fingerprint density at radius 1 is 1.50 bits per heavy atom. The molecule has 0 amide bonds. The summed E-state index contributed by atoms with van der Waals surface area (Å²) in [7, 11) is 0. The van der Waals surface area contributed by atoms with E-state index in [0.29, 0.717) is 29.2 Å². The molecule has 1 aromatic carbocycles. The van der Waals surface area contributed by atoms with Crippen molar-refractivity contribution in [3.05, 3.63) is 34.6 Å². The lowest BCUT2D eigenvalue weighted by molar-refractivity contribution is 0.0870.